The molecule has 1 aromatic heterocycles. The molecule has 15 heavy (non-hydrogen) atoms. The minimum absolute atomic E-state index is 0.323. The molecule has 0 aliphatic carbocycles. The Morgan fingerprint density at radius 1 is 1.33 bits per heavy atom. The molecule has 3 rings (SSSR count). The molecular weight excluding hydrogens is 186 g/mol. The van der Waals surface area contributed by atoms with Gasteiger partial charge in [0.2, 0.25) is 0 Å². The van der Waals surface area contributed by atoms with Gasteiger partial charge in [0.25, 0.3) is 0 Å². The Hall–Kier alpha value is -1.57. The first-order chi connectivity index (χ1) is 7.34. The van der Waals surface area contributed by atoms with Gasteiger partial charge in [0.05, 0.1) is 11.6 Å². The highest BCUT2D eigenvalue weighted by atomic mass is 16.5. The minimum atomic E-state index is 0.323. The van der Waals surface area contributed by atoms with Gasteiger partial charge in [0.15, 0.2) is 0 Å². The largest absolute Gasteiger partial charge is 0.490 e. The SMILES string of the molecule is C[C@@H]1CCc2ccc3ncccc3c2O1. The first kappa shape index (κ1) is 8.72. The Morgan fingerprint density at radius 3 is 3.20 bits per heavy atom. The van der Waals surface area contributed by atoms with E-state index in [0.29, 0.717) is 6.10 Å². The van der Waals surface area contributed by atoms with E-state index in [4.69, 9.17) is 4.74 Å². The molecule has 0 unspecified atom stereocenters. The summed E-state index contributed by atoms with van der Waals surface area (Å²) in [7, 11) is 0. The van der Waals surface area contributed by atoms with Crippen LogP contribution >= 0.6 is 0 Å². The smallest absolute Gasteiger partial charge is 0.132 e. The quantitative estimate of drug-likeness (QED) is 0.650. The molecule has 2 heterocycles. The third kappa shape index (κ3) is 1.37. The summed E-state index contributed by atoms with van der Waals surface area (Å²) in [6.45, 7) is 2.12. The maximum absolute atomic E-state index is 5.91. The minimum Gasteiger partial charge on any atom is -0.490 e. The van der Waals surface area contributed by atoms with Crippen LogP contribution in [0, 0.1) is 0 Å². The van der Waals surface area contributed by atoms with Crippen LogP contribution in [0.15, 0.2) is 30.5 Å². The summed E-state index contributed by atoms with van der Waals surface area (Å²) in [6.07, 6.45) is 4.37. The lowest BCUT2D eigenvalue weighted by Crippen LogP contribution is -2.18. The van der Waals surface area contributed by atoms with Crippen LogP contribution in [0.25, 0.3) is 10.9 Å². The van der Waals surface area contributed by atoms with Crippen molar-refractivity contribution in [2.45, 2.75) is 25.9 Å². The number of hydrogen-bond acceptors (Lipinski definition) is 2. The molecule has 2 heteroatoms. The molecule has 0 amide bonds. The van der Waals surface area contributed by atoms with Gasteiger partial charge in [-0.3, -0.25) is 4.98 Å². The van der Waals surface area contributed by atoms with Gasteiger partial charge >= 0.3 is 0 Å². The highest BCUT2D eigenvalue weighted by molar-refractivity contribution is 5.86. The van der Waals surface area contributed by atoms with Crippen LogP contribution in [0.4, 0.5) is 0 Å². The zero-order chi connectivity index (χ0) is 10.3. The average molecular weight is 199 g/mol. The molecule has 0 radical (unpaired) electrons. The van der Waals surface area contributed by atoms with Gasteiger partial charge in [-0.25, -0.2) is 0 Å². The standard InChI is InChI=1S/C13H13NO/c1-9-4-5-10-6-7-12-11(13(10)15-9)3-2-8-14-12/h2-3,6-9H,4-5H2,1H3/t9-/m1/s1. The van der Waals surface area contributed by atoms with E-state index in [1.807, 2.05) is 12.3 Å². The normalized spacial score (nSPS) is 19.7. The van der Waals surface area contributed by atoms with Crippen LogP contribution in [-0.4, -0.2) is 11.1 Å². The molecule has 0 bridgehead atoms. The van der Waals surface area contributed by atoms with Gasteiger partial charge in [-0.15, -0.1) is 0 Å². The fourth-order valence-electron chi connectivity index (χ4n) is 2.13. The summed E-state index contributed by atoms with van der Waals surface area (Å²) in [5.74, 6) is 1.04. The average Bonchev–Trinajstić information content (AvgIpc) is 2.29. The molecule has 2 nitrogen and oxygen atoms in total. The molecular formula is C13H13NO. The lowest BCUT2D eigenvalue weighted by Gasteiger charge is -2.24. The number of fused-ring (bicyclic) bond motifs is 3. The van der Waals surface area contributed by atoms with Crippen LogP contribution in [0.1, 0.15) is 18.9 Å². The third-order valence-electron chi connectivity index (χ3n) is 2.96. The summed E-state index contributed by atoms with van der Waals surface area (Å²) in [4.78, 5) is 4.33. The van der Waals surface area contributed by atoms with Crippen LogP contribution in [-0.2, 0) is 6.42 Å². The van der Waals surface area contributed by atoms with Crippen LogP contribution < -0.4 is 4.74 Å². The molecule has 0 spiro atoms. The van der Waals surface area contributed by atoms with Gasteiger partial charge < -0.3 is 4.74 Å². The summed E-state index contributed by atoms with van der Waals surface area (Å²) in [5.41, 5.74) is 2.33. The molecule has 1 aliphatic heterocycles. The second-order valence-corrected chi connectivity index (χ2v) is 4.09. The second kappa shape index (κ2) is 3.23. The summed E-state index contributed by atoms with van der Waals surface area (Å²) in [5, 5.41) is 1.14. The lowest BCUT2D eigenvalue weighted by atomic mass is 10.0. The molecule has 0 fully saturated rings. The maximum Gasteiger partial charge on any atom is 0.132 e. The Balaban J connectivity index is 2.28. The Kier molecular flexibility index (Phi) is 1.88. The van der Waals surface area contributed by atoms with Crippen LogP contribution in [0.5, 0.6) is 5.75 Å². The topological polar surface area (TPSA) is 22.1 Å². The molecule has 1 aromatic carbocycles. The summed E-state index contributed by atoms with van der Waals surface area (Å²) in [6, 6.07) is 8.26. The van der Waals surface area contributed by atoms with Gasteiger partial charge in [-0.05, 0) is 43.5 Å². The Bertz CT molecular complexity index is 507. The summed E-state index contributed by atoms with van der Waals surface area (Å²) >= 11 is 0. The predicted octanol–water partition coefficient (Wildman–Crippen LogP) is 2.95. The predicted molar refractivity (Wildman–Crippen MR) is 60.2 cm³/mol. The molecule has 0 saturated heterocycles. The van der Waals surface area contributed by atoms with E-state index in [-0.39, 0.29) is 0 Å². The first-order valence-corrected chi connectivity index (χ1v) is 5.38. The van der Waals surface area contributed by atoms with Crippen molar-refractivity contribution in [2.24, 2.45) is 0 Å². The van der Waals surface area contributed by atoms with Gasteiger partial charge in [0, 0.05) is 11.6 Å². The van der Waals surface area contributed by atoms with E-state index in [2.05, 4.69) is 30.1 Å². The zero-order valence-electron chi connectivity index (χ0n) is 8.73. The number of hydrogen-bond donors (Lipinski definition) is 0. The van der Waals surface area contributed by atoms with E-state index in [1.54, 1.807) is 0 Å². The highest BCUT2D eigenvalue weighted by Crippen LogP contribution is 2.34. The highest BCUT2D eigenvalue weighted by Gasteiger charge is 2.18. The fraction of sp³-hybridized carbons (Fsp3) is 0.308. The molecule has 1 aliphatic rings. The van der Waals surface area contributed by atoms with E-state index in [0.717, 1.165) is 29.5 Å². The van der Waals surface area contributed by atoms with Crippen molar-refractivity contribution in [3.63, 3.8) is 0 Å². The van der Waals surface area contributed by atoms with Crippen molar-refractivity contribution in [2.75, 3.05) is 0 Å². The van der Waals surface area contributed by atoms with Crippen molar-refractivity contribution in [3.8, 4) is 5.75 Å². The van der Waals surface area contributed by atoms with Crippen molar-refractivity contribution in [3.05, 3.63) is 36.0 Å². The Labute approximate surface area is 88.9 Å². The van der Waals surface area contributed by atoms with E-state index in [9.17, 15) is 0 Å². The second-order valence-electron chi connectivity index (χ2n) is 4.09. The number of benzene rings is 1. The van der Waals surface area contributed by atoms with E-state index >= 15 is 0 Å². The third-order valence-corrected chi connectivity index (χ3v) is 2.96. The van der Waals surface area contributed by atoms with E-state index in [1.165, 1.54) is 5.56 Å². The van der Waals surface area contributed by atoms with Gasteiger partial charge in [-0.2, -0.15) is 0 Å². The zero-order valence-corrected chi connectivity index (χ0v) is 8.73. The number of pyridine rings is 1. The molecule has 76 valence electrons. The molecule has 0 N–H and O–H groups in total. The number of aryl methyl sites for hydroxylation is 1. The number of rotatable bonds is 0. The number of aromatic nitrogens is 1. The van der Waals surface area contributed by atoms with Crippen molar-refractivity contribution < 1.29 is 4.74 Å². The van der Waals surface area contributed by atoms with E-state index < -0.39 is 0 Å². The van der Waals surface area contributed by atoms with Crippen molar-refractivity contribution >= 4 is 10.9 Å². The Morgan fingerprint density at radius 2 is 2.27 bits per heavy atom. The molecule has 0 saturated carbocycles. The fourth-order valence-corrected chi connectivity index (χ4v) is 2.13. The molecule has 1 atom stereocenters. The van der Waals surface area contributed by atoms with Crippen molar-refractivity contribution in [1.82, 2.24) is 4.98 Å². The maximum atomic E-state index is 5.91. The van der Waals surface area contributed by atoms with Crippen LogP contribution in [0.2, 0.25) is 0 Å². The first-order valence-electron chi connectivity index (χ1n) is 5.38. The molecule has 2 aromatic rings. The number of ether oxygens (including phenoxy) is 1. The van der Waals surface area contributed by atoms with Gasteiger partial charge in [-0.1, -0.05) is 6.07 Å². The lowest BCUT2D eigenvalue weighted by molar-refractivity contribution is 0.195. The summed E-state index contributed by atoms with van der Waals surface area (Å²) < 4.78 is 5.91. The van der Waals surface area contributed by atoms with Gasteiger partial charge in [0.1, 0.15) is 5.75 Å². The monoisotopic (exact) mass is 199 g/mol. The number of nitrogens with zero attached hydrogens (tertiary/aromatic N) is 1. The van der Waals surface area contributed by atoms with Crippen LogP contribution in [0.3, 0.4) is 0 Å². The van der Waals surface area contributed by atoms with Crippen molar-refractivity contribution in [1.29, 1.82) is 0 Å².